The van der Waals surface area contributed by atoms with Crippen LogP contribution in [-0.2, 0) is 6.18 Å². The van der Waals surface area contributed by atoms with Gasteiger partial charge in [-0.1, -0.05) is 24.3 Å². The van der Waals surface area contributed by atoms with E-state index in [0.717, 1.165) is 12.1 Å². The highest BCUT2D eigenvalue weighted by molar-refractivity contribution is 5.49. The van der Waals surface area contributed by atoms with Crippen molar-refractivity contribution >= 4 is 6.08 Å². The summed E-state index contributed by atoms with van der Waals surface area (Å²) in [7, 11) is 0. The molecule has 0 bridgehead atoms. The van der Waals surface area contributed by atoms with Gasteiger partial charge in [-0.3, -0.25) is 0 Å². The summed E-state index contributed by atoms with van der Waals surface area (Å²) in [6.07, 6.45) is -0.396. The van der Waals surface area contributed by atoms with Gasteiger partial charge in [0.15, 0.2) is 0 Å². The van der Waals surface area contributed by atoms with Crippen LogP contribution < -0.4 is 0 Å². The molecule has 15 heavy (non-hydrogen) atoms. The van der Waals surface area contributed by atoms with Crippen LogP contribution in [0.25, 0.3) is 6.08 Å². The highest BCUT2D eigenvalue weighted by Crippen LogP contribution is 2.29. The van der Waals surface area contributed by atoms with E-state index in [9.17, 15) is 13.2 Å². The van der Waals surface area contributed by atoms with E-state index in [4.69, 9.17) is 5.11 Å². The number of halogens is 3. The zero-order valence-corrected chi connectivity index (χ0v) is 7.96. The Morgan fingerprint density at radius 3 is 2.20 bits per heavy atom. The normalized spacial score (nSPS) is 12.3. The molecule has 0 amide bonds. The largest absolute Gasteiger partial charge is 0.416 e. The van der Waals surface area contributed by atoms with E-state index < -0.39 is 11.7 Å². The standard InChI is InChI=1S/C11H11F3O/c12-11(13,14)10-6-4-9(5-7-10)3-1-2-8-15/h1,3-7,15H,2,8H2/b3-1+. The van der Waals surface area contributed by atoms with Gasteiger partial charge in [0.1, 0.15) is 0 Å². The van der Waals surface area contributed by atoms with Crippen molar-refractivity contribution in [3.8, 4) is 0 Å². The first-order valence-electron chi connectivity index (χ1n) is 4.48. The topological polar surface area (TPSA) is 20.2 Å². The predicted molar refractivity (Wildman–Crippen MR) is 52.2 cm³/mol. The lowest BCUT2D eigenvalue weighted by atomic mass is 10.1. The maximum absolute atomic E-state index is 12.2. The van der Waals surface area contributed by atoms with Gasteiger partial charge in [-0.15, -0.1) is 0 Å². The summed E-state index contributed by atoms with van der Waals surface area (Å²) in [6.45, 7) is 0.0388. The van der Waals surface area contributed by atoms with E-state index in [1.54, 1.807) is 12.2 Å². The Morgan fingerprint density at radius 1 is 1.13 bits per heavy atom. The number of hydrogen-bond acceptors (Lipinski definition) is 1. The van der Waals surface area contributed by atoms with Crippen LogP contribution in [0.5, 0.6) is 0 Å². The van der Waals surface area contributed by atoms with Crippen LogP contribution in [0.1, 0.15) is 17.5 Å². The van der Waals surface area contributed by atoms with E-state index in [2.05, 4.69) is 0 Å². The lowest BCUT2D eigenvalue weighted by Crippen LogP contribution is -2.03. The monoisotopic (exact) mass is 216 g/mol. The molecule has 82 valence electrons. The summed E-state index contributed by atoms with van der Waals surface area (Å²) in [5.74, 6) is 0. The van der Waals surface area contributed by atoms with Gasteiger partial charge in [0, 0.05) is 6.61 Å². The summed E-state index contributed by atoms with van der Waals surface area (Å²) in [5.41, 5.74) is 0.0401. The van der Waals surface area contributed by atoms with Gasteiger partial charge >= 0.3 is 6.18 Å². The Bertz CT molecular complexity index is 325. The van der Waals surface area contributed by atoms with Gasteiger partial charge in [-0.25, -0.2) is 0 Å². The summed E-state index contributed by atoms with van der Waals surface area (Å²) < 4.78 is 36.5. The Labute approximate surface area is 85.9 Å². The molecule has 0 saturated carbocycles. The maximum atomic E-state index is 12.2. The Hall–Kier alpha value is -1.29. The molecule has 0 aliphatic carbocycles. The highest BCUT2D eigenvalue weighted by atomic mass is 19.4. The van der Waals surface area contributed by atoms with Crippen molar-refractivity contribution in [3.05, 3.63) is 41.5 Å². The van der Waals surface area contributed by atoms with Crippen molar-refractivity contribution in [2.24, 2.45) is 0 Å². The second-order valence-corrected chi connectivity index (χ2v) is 3.03. The SMILES string of the molecule is OCC/C=C/c1ccc(C(F)(F)F)cc1. The quantitative estimate of drug-likeness (QED) is 0.823. The molecule has 4 heteroatoms. The molecule has 0 spiro atoms. The first kappa shape index (κ1) is 11.8. The number of benzene rings is 1. The second kappa shape index (κ2) is 4.98. The average molecular weight is 216 g/mol. The number of alkyl halides is 3. The van der Waals surface area contributed by atoms with Crippen LogP contribution >= 0.6 is 0 Å². The van der Waals surface area contributed by atoms with Gasteiger partial charge in [-0.2, -0.15) is 13.2 Å². The minimum atomic E-state index is -4.28. The number of aliphatic hydroxyl groups excluding tert-OH is 1. The van der Waals surface area contributed by atoms with Gasteiger partial charge in [0.2, 0.25) is 0 Å². The third-order valence-electron chi connectivity index (χ3n) is 1.84. The van der Waals surface area contributed by atoms with Crippen molar-refractivity contribution < 1.29 is 18.3 Å². The minimum absolute atomic E-state index is 0.0388. The molecule has 0 aromatic heterocycles. The zero-order valence-electron chi connectivity index (χ0n) is 7.96. The fourth-order valence-corrected chi connectivity index (χ4v) is 1.08. The fraction of sp³-hybridized carbons (Fsp3) is 0.273. The summed E-state index contributed by atoms with van der Waals surface area (Å²) in [5, 5.41) is 8.50. The molecule has 0 heterocycles. The third kappa shape index (κ3) is 3.75. The Balaban J connectivity index is 2.73. The lowest BCUT2D eigenvalue weighted by Gasteiger charge is -2.05. The highest BCUT2D eigenvalue weighted by Gasteiger charge is 2.29. The molecule has 0 unspecified atom stereocenters. The Kier molecular flexibility index (Phi) is 3.91. The molecular formula is C11H11F3O. The fourth-order valence-electron chi connectivity index (χ4n) is 1.08. The van der Waals surface area contributed by atoms with Crippen molar-refractivity contribution in [1.82, 2.24) is 0 Å². The first-order chi connectivity index (χ1) is 7.04. The summed E-state index contributed by atoms with van der Waals surface area (Å²) in [4.78, 5) is 0. The molecule has 1 aromatic carbocycles. The molecule has 0 radical (unpaired) electrons. The minimum Gasteiger partial charge on any atom is -0.396 e. The number of hydrogen-bond donors (Lipinski definition) is 1. The smallest absolute Gasteiger partial charge is 0.396 e. The maximum Gasteiger partial charge on any atom is 0.416 e. The number of aliphatic hydroxyl groups is 1. The molecule has 0 fully saturated rings. The first-order valence-corrected chi connectivity index (χ1v) is 4.48. The number of rotatable bonds is 3. The van der Waals surface area contributed by atoms with Crippen LogP contribution in [-0.4, -0.2) is 11.7 Å². The summed E-state index contributed by atoms with van der Waals surface area (Å²) in [6, 6.07) is 4.88. The van der Waals surface area contributed by atoms with E-state index >= 15 is 0 Å². The van der Waals surface area contributed by atoms with Crippen LogP contribution in [0.4, 0.5) is 13.2 Å². The van der Waals surface area contributed by atoms with E-state index in [1.807, 2.05) is 0 Å². The van der Waals surface area contributed by atoms with Gasteiger partial charge in [0.25, 0.3) is 0 Å². The van der Waals surface area contributed by atoms with Crippen molar-refractivity contribution in [2.75, 3.05) is 6.61 Å². The molecule has 0 atom stereocenters. The second-order valence-electron chi connectivity index (χ2n) is 3.03. The van der Waals surface area contributed by atoms with Crippen LogP contribution in [0.15, 0.2) is 30.3 Å². The molecule has 1 rings (SSSR count). The van der Waals surface area contributed by atoms with Gasteiger partial charge in [0.05, 0.1) is 5.56 Å². The lowest BCUT2D eigenvalue weighted by molar-refractivity contribution is -0.137. The van der Waals surface area contributed by atoms with Crippen molar-refractivity contribution in [2.45, 2.75) is 12.6 Å². The van der Waals surface area contributed by atoms with Gasteiger partial charge in [-0.05, 0) is 24.1 Å². The molecule has 0 aliphatic heterocycles. The average Bonchev–Trinajstić information content (AvgIpc) is 2.18. The molecule has 1 N–H and O–H groups in total. The molecule has 1 aromatic rings. The summed E-state index contributed by atoms with van der Waals surface area (Å²) >= 11 is 0. The van der Waals surface area contributed by atoms with Crippen LogP contribution in [0, 0.1) is 0 Å². The third-order valence-corrected chi connectivity index (χ3v) is 1.84. The van der Waals surface area contributed by atoms with E-state index in [0.29, 0.717) is 12.0 Å². The Morgan fingerprint density at radius 2 is 1.73 bits per heavy atom. The zero-order chi connectivity index (χ0) is 11.3. The van der Waals surface area contributed by atoms with Crippen molar-refractivity contribution in [3.63, 3.8) is 0 Å². The van der Waals surface area contributed by atoms with Gasteiger partial charge < -0.3 is 5.11 Å². The molecule has 0 aliphatic rings. The predicted octanol–water partition coefficient (Wildman–Crippen LogP) is 3.10. The van der Waals surface area contributed by atoms with Crippen LogP contribution in [0.3, 0.4) is 0 Å². The molecular weight excluding hydrogens is 205 g/mol. The van der Waals surface area contributed by atoms with Crippen molar-refractivity contribution in [1.29, 1.82) is 0 Å². The van der Waals surface area contributed by atoms with E-state index in [1.165, 1.54) is 12.1 Å². The molecule has 0 saturated heterocycles. The van der Waals surface area contributed by atoms with Crippen LogP contribution in [0.2, 0.25) is 0 Å². The van der Waals surface area contributed by atoms with E-state index in [-0.39, 0.29) is 6.61 Å². The molecule has 1 nitrogen and oxygen atoms in total.